The van der Waals surface area contributed by atoms with Gasteiger partial charge in [-0.3, -0.25) is 4.79 Å². The van der Waals surface area contributed by atoms with Crippen LogP contribution in [-0.2, 0) is 27.5 Å². The van der Waals surface area contributed by atoms with Gasteiger partial charge in [0.2, 0.25) is 5.91 Å². The molecule has 1 aliphatic heterocycles. The Kier molecular flexibility index (Phi) is 5.46. The maximum atomic E-state index is 12.3. The Balaban J connectivity index is 1.56. The molecule has 0 fully saturated rings. The monoisotopic (exact) mass is 375 g/mol. The van der Waals surface area contributed by atoms with Gasteiger partial charge in [-0.15, -0.1) is 0 Å². The Labute approximate surface area is 153 Å². The van der Waals surface area contributed by atoms with Crippen molar-refractivity contribution < 1.29 is 22.7 Å². The Bertz CT molecular complexity index is 908. The van der Waals surface area contributed by atoms with Gasteiger partial charge in [0.1, 0.15) is 18.1 Å². The molecule has 7 heteroatoms. The van der Waals surface area contributed by atoms with E-state index in [1.165, 1.54) is 0 Å². The molecule has 0 spiro atoms. The van der Waals surface area contributed by atoms with E-state index < -0.39 is 9.84 Å². The number of hydrogen-bond donors (Lipinski definition) is 1. The number of hydrogen-bond acceptors (Lipinski definition) is 5. The second-order valence-corrected chi connectivity index (χ2v) is 8.53. The number of nitrogens with one attached hydrogen (secondary N) is 1. The summed E-state index contributed by atoms with van der Waals surface area (Å²) < 4.78 is 33.2. The molecule has 1 heterocycles. The summed E-state index contributed by atoms with van der Waals surface area (Å²) in [7, 11) is -3.07. The molecule has 3 rings (SSSR count). The average Bonchev–Trinajstić information content (AvgIpc) is 3.01. The largest absolute Gasteiger partial charge is 0.493 e. The molecule has 1 aliphatic rings. The molecule has 1 N–H and O–H groups in total. The van der Waals surface area contributed by atoms with Gasteiger partial charge < -0.3 is 14.8 Å². The smallest absolute Gasteiger partial charge is 0.228 e. The fourth-order valence-corrected chi connectivity index (χ4v) is 3.10. The van der Waals surface area contributed by atoms with Gasteiger partial charge in [0.25, 0.3) is 0 Å². The summed E-state index contributed by atoms with van der Waals surface area (Å²) in [6.07, 6.45) is 2.31. The number of sulfone groups is 1. The van der Waals surface area contributed by atoms with E-state index in [9.17, 15) is 13.2 Å². The van der Waals surface area contributed by atoms with Crippen LogP contribution in [0.2, 0.25) is 0 Å². The number of ether oxygens (including phenoxy) is 2. The number of amides is 1. The van der Waals surface area contributed by atoms with Crippen molar-refractivity contribution in [1.29, 1.82) is 0 Å². The molecule has 0 saturated carbocycles. The van der Waals surface area contributed by atoms with Crippen LogP contribution in [0, 0.1) is 0 Å². The van der Waals surface area contributed by atoms with Gasteiger partial charge in [-0.2, -0.15) is 0 Å². The standard InChI is InChI=1S/C19H21NO5S/c1-26(22,23)10-9-24-17-4-2-3-16(13-17)20-19(21)12-14-5-6-18-15(11-14)7-8-25-18/h2-6,11,13H,7-10,12H2,1H3,(H,20,21). The van der Waals surface area contributed by atoms with Gasteiger partial charge >= 0.3 is 0 Å². The molecular weight excluding hydrogens is 354 g/mol. The molecule has 0 bridgehead atoms. The second-order valence-electron chi connectivity index (χ2n) is 6.27. The van der Waals surface area contributed by atoms with Crippen molar-refractivity contribution in [2.24, 2.45) is 0 Å². The average molecular weight is 375 g/mol. The minimum atomic E-state index is -3.07. The summed E-state index contributed by atoms with van der Waals surface area (Å²) in [6, 6.07) is 12.7. The minimum Gasteiger partial charge on any atom is -0.493 e. The van der Waals surface area contributed by atoms with E-state index in [4.69, 9.17) is 9.47 Å². The number of fused-ring (bicyclic) bond motifs is 1. The van der Waals surface area contributed by atoms with Gasteiger partial charge in [0, 0.05) is 24.4 Å². The van der Waals surface area contributed by atoms with Crippen LogP contribution >= 0.6 is 0 Å². The van der Waals surface area contributed by atoms with E-state index in [1.54, 1.807) is 24.3 Å². The Morgan fingerprint density at radius 2 is 2.08 bits per heavy atom. The first-order valence-electron chi connectivity index (χ1n) is 8.34. The fourth-order valence-electron chi connectivity index (χ4n) is 2.71. The van der Waals surface area contributed by atoms with Crippen molar-refractivity contribution in [2.45, 2.75) is 12.8 Å². The van der Waals surface area contributed by atoms with Crippen molar-refractivity contribution in [1.82, 2.24) is 0 Å². The Morgan fingerprint density at radius 3 is 2.88 bits per heavy atom. The molecule has 0 aliphatic carbocycles. The number of benzene rings is 2. The van der Waals surface area contributed by atoms with Gasteiger partial charge in [0.05, 0.1) is 18.8 Å². The predicted octanol–water partition coefficient (Wildman–Crippen LogP) is 2.23. The van der Waals surface area contributed by atoms with Gasteiger partial charge in [-0.1, -0.05) is 18.2 Å². The van der Waals surface area contributed by atoms with Crippen LogP contribution in [0.5, 0.6) is 11.5 Å². The molecule has 26 heavy (non-hydrogen) atoms. The van der Waals surface area contributed by atoms with E-state index in [0.29, 0.717) is 18.0 Å². The molecule has 2 aromatic rings. The minimum absolute atomic E-state index is 0.0500. The summed E-state index contributed by atoms with van der Waals surface area (Å²) >= 11 is 0. The molecular formula is C19H21NO5S. The van der Waals surface area contributed by atoms with Crippen molar-refractivity contribution in [3.05, 3.63) is 53.6 Å². The van der Waals surface area contributed by atoms with Gasteiger partial charge in [0.15, 0.2) is 9.84 Å². The van der Waals surface area contributed by atoms with Crippen molar-refractivity contribution in [2.75, 3.05) is 30.5 Å². The molecule has 2 aromatic carbocycles. The normalized spacial score (nSPS) is 13.0. The molecule has 6 nitrogen and oxygen atoms in total. The zero-order valence-corrected chi connectivity index (χ0v) is 15.3. The maximum absolute atomic E-state index is 12.3. The first-order valence-corrected chi connectivity index (χ1v) is 10.4. The van der Waals surface area contributed by atoms with E-state index in [2.05, 4.69) is 5.32 Å². The highest BCUT2D eigenvalue weighted by Gasteiger charge is 2.13. The molecule has 0 unspecified atom stereocenters. The summed E-state index contributed by atoms with van der Waals surface area (Å²) in [4.78, 5) is 12.3. The van der Waals surface area contributed by atoms with E-state index in [1.807, 2.05) is 18.2 Å². The lowest BCUT2D eigenvalue weighted by atomic mass is 10.1. The Hall–Kier alpha value is -2.54. The zero-order chi connectivity index (χ0) is 18.6. The molecule has 0 saturated heterocycles. The van der Waals surface area contributed by atoms with E-state index in [0.717, 1.165) is 29.6 Å². The van der Waals surface area contributed by atoms with E-state index in [-0.39, 0.29) is 24.7 Å². The Morgan fingerprint density at radius 1 is 1.23 bits per heavy atom. The summed E-state index contributed by atoms with van der Waals surface area (Å²) in [5.41, 5.74) is 2.68. The fraction of sp³-hybridized carbons (Fsp3) is 0.316. The van der Waals surface area contributed by atoms with Gasteiger partial charge in [-0.25, -0.2) is 8.42 Å². The lowest BCUT2D eigenvalue weighted by Crippen LogP contribution is -2.15. The lowest BCUT2D eigenvalue weighted by Gasteiger charge is -2.09. The third-order valence-electron chi connectivity index (χ3n) is 3.96. The number of rotatable bonds is 7. The predicted molar refractivity (Wildman–Crippen MR) is 99.6 cm³/mol. The summed E-state index contributed by atoms with van der Waals surface area (Å²) in [5, 5.41) is 2.84. The molecule has 138 valence electrons. The molecule has 1 amide bonds. The van der Waals surface area contributed by atoms with Crippen LogP contribution in [0.15, 0.2) is 42.5 Å². The zero-order valence-electron chi connectivity index (χ0n) is 14.5. The number of carbonyl (C=O) groups excluding carboxylic acids is 1. The second kappa shape index (κ2) is 7.78. The highest BCUT2D eigenvalue weighted by Crippen LogP contribution is 2.26. The highest BCUT2D eigenvalue weighted by molar-refractivity contribution is 7.90. The van der Waals surface area contributed by atoms with Crippen LogP contribution in [-0.4, -0.2) is 39.5 Å². The molecule has 0 atom stereocenters. The van der Waals surface area contributed by atoms with Crippen LogP contribution in [0.25, 0.3) is 0 Å². The van der Waals surface area contributed by atoms with Crippen molar-refractivity contribution in [3.8, 4) is 11.5 Å². The molecule has 0 aromatic heterocycles. The van der Waals surface area contributed by atoms with Crippen molar-refractivity contribution in [3.63, 3.8) is 0 Å². The van der Waals surface area contributed by atoms with E-state index >= 15 is 0 Å². The highest BCUT2D eigenvalue weighted by atomic mass is 32.2. The van der Waals surface area contributed by atoms with Gasteiger partial charge in [-0.05, 0) is 29.3 Å². The quantitative estimate of drug-likeness (QED) is 0.803. The van der Waals surface area contributed by atoms with Crippen LogP contribution in [0.4, 0.5) is 5.69 Å². The summed E-state index contributed by atoms with van der Waals surface area (Å²) in [5.74, 6) is 1.23. The summed E-state index contributed by atoms with van der Waals surface area (Å²) in [6.45, 7) is 0.768. The molecule has 0 radical (unpaired) electrons. The topological polar surface area (TPSA) is 81.7 Å². The maximum Gasteiger partial charge on any atom is 0.228 e. The SMILES string of the molecule is CS(=O)(=O)CCOc1cccc(NC(=O)Cc2ccc3c(c2)CCO3)c1. The third kappa shape index (κ3) is 5.23. The third-order valence-corrected chi connectivity index (χ3v) is 4.87. The first-order chi connectivity index (χ1) is 12.4. The van der Waals surface area contributed by atoms with Crippen LogP contribution in [0.3, 0.4) is 0 Å². The number of carbonyl (C=O) groups is 1. The first kappa shape index (κ1) is 18.3. The van der Waals surface area contributed by atoms with Crippen molar-refractivity contribution >= 4 is 21.4 Å². The number of anilines is 1. The van der Waals surface area contributed by atoms with Crippen LogP contribution < -0.4 is 14.8 Å². The lowest BCUT2D eigenvalue weighted by molar-refractivity contribution is -0.115. The van der Waals surface area contributed by atoms with Crippen LogP contribution in [0.1, 0.15) is 11.1 Å².